The summed E-state index contributed by atoms with van der Waals surface area (Å²) in [6, 6.07) is 3.06. The second-order valence-corrected chi connectivity index (χ2v) is 5.99. The van der Waals surface area contributed by atoms with E-state index in [2.05, 4.69) is 13.2 Å². The highest BCUT2D eigenvalue weighted by atomic mass is 32.2. The lowest BCUT2D eigenvalue weighted by molar-refractivity contribution is -0.387. The molecule has 1 aromatic carbocycles. The highest BCUT2D eigenvalue weighted by Crippen LogP contribution is 2.30. The fraction of sp³-hybridized carbons (Fsp3) is 0.154. The number of nitro groups is 1. The van der Waals surface area contributed by atoms with Crippen LogP contribution in [0.5, 0.6) is 0 Å². The molecule has 118 valence electrons. The van der Waals surface area contributed by atoms with Crippen molar-refractivity contribution in [2.24, 2.45) is 0 Å². The van der Waals surface area contributed by atoms with Gasteiger partial charge in [0.15, 0.2) is 4.90 Å². The Labute approximate surface area is 127 Å². The lowest BCUT2D eigenvalue weighted by Gasteiger charge is -2.19. The Morgan fingerprint density at radius 1 is 1.32 bits per heavy atom. The number of carboxylic acid groups (broad SMARTS) is 1. The summed E-state index contributed by atoms with van der Waals surface area (Å²) in [7, 11) is -4.41. The lowest BCUT2D eigenvalue weighted by Crippen LogP contribution is -2.33. The molecule has 0 unspecified atom stereocenters. The van der Waals surface area contributed by atoms with Crippen molar-refractivity contribution < 1.29 is 23.2 Å². The fourth-order valence-electron chi connectivity index (χ4n) is 1.80. The van der Waals surface area contributed by atoms with E-state index in [0.717, 1.165) is 22.5 Å². The first-order chi connectivity index (χ1) is 10.3. The van der Waals surface area contributed by atoms with Crippen molar-refractivity contribution in [3.63, 3.8) is 0 Å². The number of carbonyl (C=O) groups is 1. The first-order valence-corrected chi connectivity index (χ1v) is 7.44. The van der Waals surface area contributed by atoms with E-state index in [1.165, 1.54) is 12.2 Å². The van der Waals surface area contributed by atoms with E-state index in [-0.39, 0.29) is 13.1 Å². The Hall–Kier alpha value is -2.52. The van der Waals surface area contributed by atoms with Gasteiger partial charge in [0.2, 0.25) is 0 Å². The Morgan fingerprint density at radius 3 is 2.27 bits per heavy atom. The average Bonchev–Trinajstić information content (AvgIpc) is 2.46. The number of hydrogen-bond donors (Lipinski definition) is 1. The van der Waals surface area contributed by atoms with Crippen LogP contribution in [0.3, 0.4) is 0 Å². The van der Waals surface area contributed by atoms with Crippen LogP contribution in [0.4, 0.5) is 5.69 Å². The van der Waals surface area contributed by atoms with Gasteiger partial charge in [-0.25, -0.2) is 13.2 Å². The zero-order valence-corrected chi connectivity index (χ0v) is 12.3. The van der Waals surface area contributed by atoms with Crippen molar-refractivity contribution in [1.82, 2.24) is 4.31 Å². The molecule has 0 bridgehead atoms. The normalized spacial score (nSPS) is 11.1. The minimum Gasteiger partial charge on any atom is -0.478 e. The maximum Gasteiger partial charge on any atom is 0.337 e. The number of carboxylic acids is 1. The van der Waals surface area contributed by atoms with Crippen molar-refractivity contribution in [2.75, 3.05) is 13.1 Å². The molecule has 0 aromatic heterocycles. The van der Waals surface area contributed by atoms with Gasteiger partial charge in [-0.15, -0.1) is 13.2 Å². The highest BCUT2D eigenvalue weighted by molar-refractivity contribution is 7.89. The monoisotopic (exact) mass is 326 g/mol. The van der Waals surface area contributed by atoms with E-state index >= 15 is 0 Å². The number of hydrogen-bond acceptors (Lipinski definition) is 5. The van der Waals surface area contributed by atoms with Gasteiger partial charge in [-0.05, 0) is 6.07 Å². The van der Waals surface area contributed by atoms with E-state index in [1.807, 2.05) is 0 Å². The Kier molecular flexibility index (Phi) is 5.55. The summed E-state index contributed by atoms with van der Waals surface area (Å²) in [5, 5.41) is 20.2. The van der Waals surface area contributed by atoms with Gasteiger partial charge < -0.3 is 5.11 Å². The number of nitrogens with zero attached hydrogens (tertiary/aromatic N) is 2. The quantitative estimate of drug-likeness (QED) is 0.441. The molecule has 0 spiro atoms. The second-order valence-electron chi connectivity index (χ2n) is 4.12. The molecule has 1 N–H and O–H groups in total. The molecule has 0 atom stereocenters. The van der Waals surface area contributed by atoms with Gasteiger partial charge in [-0.1, -0.05) is 18.2 Å². The molecule has 22 heavy (non-hydrogen) atoms. The van der Waals surface area contributed by atoms with E-state index in [0.29, 0.717) is 0 Å². The zero-order chi connectivity index (χ0) is 16.9. The van der Waals surface area contributed by atoms with Gasteiger partial charge in [0.05, 0.1) is 10.5 Å². The van der Waals surface area contributed by atoms with Crippen molar-refractivity contribution in [3.8, 4) is 0 Å². The molecule has 0 radical (unpaired) electrons. The number of rotatable bonds is 8. The minimum absolute atomic E-state index is 0.139. The van der Waals surface area contributed by atoms with Crippen LogP contribution in [-0.4, -0.2) is 41.8 Å². The summed E-state index contributed by atoms with van der Waals surface area (Å²) in [5.41, 5.74) is -1.45. The summed E-state index contributed by atoms with van der Waals surface area (Å²) in [6.07, 6.45) is 2.58. The van der Waals surface area contributed by atoms with Gasteiger partial charge in [0.1, 0.15) is 0 Å². The molecule has 1 rings (SSSR count). The summed E-state index contributed by atoms with van der Waals surface area (Å²) in [5.74, 6) is -1.57. The number of sulfonamides is 1. The Morgan fingerprint density at radius 2 is 1.86 bits per heavy atom. The third-order valence-electron chi connectivity index (χ3n) is 2.68. The topological polar surface area (TPSA) is 118 Å². The van der Waals surface area contributed by atoms with Crippen LogP contribution in [0.1, 0.15) is 10.4 Å². The summed E-state index contributed by atoms with van der Waals surface area (Å²) >= 11 is 0. The SMILES string of the molecule is C=CCN(CC=C)S(=O)(=O)c1c(C(=O)O)cccc1[N+](=O)[O-]. The molecule has 1 aromatic rings. The van der Waals surface area contributed by atoms with Crippen LogP contribution in [0, 0.1) is 10.1 Å². The molecular weight excluding hydrogens is 312 g/mol. The molecular formula is C13H14N2O6S. The van der Waals surface area contributed by atoms with Crippen molar-refractivity contribution in [1.29, 1.82) is 0 Å². The standard InChI is InChI=1S/C13H14N2O6S/c1-3-8-14(9-4-2)22(20,21)12-10(13(16)17)6-5-7-11(12)15(18)19/h3-7H,1-2,8-9H2,(H,16,17). The summed E-state index contributed by atoms with van der Waals surface area (Å²) < 4.78 is 26.1. The van der Waals surface area contributed by atoms with Crippen LogP contribution in [-0.2, 0) is 10.0 Å². The molecule has 0 amide bonds. The van der Waals surface area contributed by atoms with Crippen LogP contribution >= 0.6 is 0 Å². The maximum absolute atomic E-state index is 12.6. The van der Waals surface area contributed by atoms with Crippen molar-refractivity contribution in [3.05, 3.63) is 59.2 Å². The molecule has 0 aliphatic carbocycles. The molecule has 0 aliphatic rings. The third-order valence-corrected chi connectivity index (χ3v) is 4.61. The lowest BCUT2D eigenvalue weighted by atomic mass is 10.2. The van der Waals surface area contributed by atoms with Crippen LogP contribution < -0.4 is 0 Å². The predicted octanol–water partition coefficient (Wildman–Crippen LogP) is 1.66. The van der Waals surface area contributed by atoms with Crippen molar-refractivity contribution in [2.45, 2.75) is 4.90 Å². The summed E-state index contributed by atoms with van der Waals surface area (Å²) in [6.45, 7) is 6.55. The zero-order valence-electron chi connectivity index (χ0n) is 11.5. The van der Waals surface area contributed by atoms with Gasteiger partial charge in [-0.2, -0.15) is 4.31 Å². The van der Waals surface area contributed by atoms with E-state index in [1.54, 1.807) is 0 Å². The fourth-order valence-corrected chi connectivity index (χ4v) is 3.50. The number of benzene rings is 1. The van der Waals surface area contributed by atoms with Gasteiger partial charge >= 0.3 is 5.97 Å². The van der Waals surface area contributed by atoms with Gasteiger partial charge in [0, 0.05) is 19.2 Å². The largest absolute Gasteiger partial charge is 0.478 e. The van der Waals surface area contributed by atoms with Gasteiger partial charge in [0.25, 0.3) is 15.7 Å². The minimum atomic E-state index is -4.41. The molecule has 0 saturated heterocycles. The predicted molar refractivity (Wildman–Crippen MR) is 79.2 cm³/mol. The smallest absolute Gasteiger partial charge is 0.337 e. The Balaban J connectivity index is 3.70. The van der Waals surface area contributed by atoms with E-state index < -0.39 is 37.1 Å². The number of nitro benzene ring substituents is 1. The third kappa shape index (κ3) is 3.38. The Bertz CT molecular complexity index is 684. The van der Waals surface area contributed by atoms with E-state index in [4.69, 9.17) is 5.11 Å². The highest BCUT2D eigenvalue weighted by Gasteiger charge is 2.35. The number of aromatic carboxylic acids is 1. The second kappa shape index (κ2) is 6.96. The molecule has 0 heterocycles. The average molecular weight is 326 g/mol. The molecule has 0 aliphatic heterocycles. The molecule has 8 nitrogen and oxygen atoms in total. The van der Waals surface area contributed by atoms with Crippen molar-refractivity contribution >= 4 is 21.7 Å². The van der Waals surface area contributed by atoms with Crippen LogP contribution in [0.2, 0.25) is 0 Å². The molecule has 0 saturated carbocycles. The van der Waals surface area contributed by atoms with Crippen LogP contribution in [0.15, 0.2) is 48.4 Å². The first kappa shape index (κ1) is 17.5. The summed E-state index contributed by atoms with van der Waals surface area (Å²) in [4.78, 5) is 20.5. The molecule has 0 fully saturated rings. The molecule has 9 heteroatoms. The van der Waals surface area contributed by atoms with E-state index in [9.17, 15) is 23.3 Å². The van der Waals surface area contributed by atoms with Gasteiger partial charge in [-0.3, -0.25) is 10.1 Å². The maximum atomic E-state index is 12.6. The van der Waals surface area contributed by atoms with Crippen LogP contribution in [0.25, 0.3) is 0 Å². The first-order valence-electron chi connectivity index (χ1n) is 6.00.